The highest BCUT2D eigenvalue weighted by Crippen LogP contribution is 2.25. The molecule has 3 rings (SSSR count). The largest absolute Gasteiger partial charge is 0.435 e. The fourth-order valence-corrected chi connectivity index (χ4v) is 2.14. The lowest BCUT2D eigenvalue weighted by atomic mass is 10.3. The average Bonchev–Trinajstić information content (AvgIpc) is 2.74. The van der Waals surface area contributed by atoms with E-state index in [0.29, 0.717) is 21.9 Å². The molecule has 0 unspecified atom stereocenters. The van der Waals surface area contributed by atoms with E-state index in [1.165, 1.54) is 18.3 Å². The molecule has 0 saturated carbocycles. The van der Waals surface area contributed by atoms with Crippen LogP contribution in [-0.4, -0.2) is 21.1 Å². The van der Waals surface area contributed by atoms with E-state index in [-0.39, 0.29) is 11.7 Å². The molecule has 0 amide bonds. The van der Waals surface area contributed by atoms with Gasteiger partial charge in [0.15, 0.2) is 5.65 Å². The Hall–Kier alpha value is -2.41. The fourth-order valence-electron chi connectivity index (χ4n) is 1.99. The number of pyridine rings is 1. The second-order valence-corrected chi connectivity index (χ2v) is 4.61. The second kappa shape index (κ2) is 5.17. The first-order chi connectivity index (χ1) is 10.0. The number of nitrogen functional groups attached to an aromatic ring is 1. The van der Waals surface area contributed by atoms with Crippen molar-refractivity contribution < 1.29 is 13.5 Å². The number of fused-ring (bicyclic) bond motifs is 1. The molecule has 21 heavy (non-hydrogen) atoms. The van der Waals surface area contributed by atoms with Crippen LogP contribution in [0.2, 0.25) is 5.02 Å². The number of hydrogen-bond acceptors (Lipinski definition) is 4. The maximum Gasteiger partial charge on any atom is 0.387 e. The van der Waals surface area contributed by atoms with Crippen LogP contribution < -0.4 is 10.5 Å². The summed E-state index contributed by atoms with van der Waals surface area (Å²) in [4.78, 5) is 8.35. The van der Waals surface area contributed by atoms with E-state index in [4.69, 9.17) is 17.3 Å². The van der Waals surface area contributed by atoms with E-state index in [9.17, 15) is 8.78 Å². The Morgan fingerprint density at radius 1 is 1.24 bits per heavy atom. The highest BCUT2D eigenvalue weighted by atomic mass is 35.5. The molecular weight excluding hydrogens is 302 g/mol. The number of hydrogen-bond donors (Lipinski definition) is 1. The zero-order chi connectivity index (χ0) is 15.0. The van der Waals surface area contributed by atoms with Crippen molar-refractivity contribution >= 4 is 28.7 Å². The summed E-state index contributed by atoms with van der Waals surface area (Å²) in [6, 6.07) is 7.66. The molecule has 5 nitrogen and oxygen atoms in total. The van der Waals surface area contributed by atoms with Crippen LogP contribution >= 0.6 is 11.6 Å². The van der Waals surface area contributed by atoms with E-state index < -0.39 is 6.61 Å². The molecule has 108 valence electrons. The standard InChI is InChI=1S/C13H9ClF2N4O/c14-7-5-10-11(18-6-7)20(13(17)19-10)8-1-3-9(4-2-8)21-12(15)16/h1-6,12H,(H2,17,19). The van der Waals surface area contributed by atoms with Gasteiger partial charge in [0.25, 0.3) is 0 Å². The molecule has 1 aromatic carbocycles. The lowest BCUT2D eigenvalue weighted by Gasteiger charge is -2.08. The molecule has 0 atom stereocenters. The van der Waals surface area contributed by atoms with Crippen molar-refractivity contribution in [3.63, 3.8) is 0 Å². The van der Waals surface area contributed by atoms with E-state index in [1.807, 2.05) is 0 Å². The SMILES string of the molecule is Nc1nc2cc(Cl)cnc2n1-c1ccc(OC(F)F)cc1. The lowest BCUT2D eigenvalue weighted by molar-refractivity contribution is -0.0498. The van der Waals surface area contributed by atoms with Crippen LogP contribution in [0.5, 0.6) is 5.75 Å². The molecule has 3 aromatic rings. The van der Waals surface area contributed by atoms with Gasteiger partial charge in [-0.05, 0) is 30.3 Å². The Morgan fingerprint density at radius 3 is 2.62 bits per heavy atom. The van der Waals surface area contributed by atoms with Gasteiger partial charge in [0.2, 0.25) is 5.95 Å². The maximum absolute atomic E-state index is 12.1. The number of imidazole rings is 1. The van der Waals surface area contributed by atoms with Crippen LogP contribution in [0.1, 0.15) is 0 Å². The first-order valence-corrected chi connectivity index (χ1v) is 6.27. The van der Waals surface area contributed by atoms with Crippen molar-refractivity contribution in [3.05, 3.63) is 41.6 Å². The Morgan fingerprint density at radius 2 is 1.95 bits per heavy atom. The van der Waals surface area contributed by atoms with Gasteiger partial charge in [0, 0.05) is 6.20 Å². The van der Waals surface area contributed by atoms with Gasteiger partial charge in [0.05, 0.1) is 10.7 Å². The van der Waals surface area contributed by atoms with Crippen molar-refractivity contribution in [3.8, 4) is 11.4 Å². The fraction of sp³-hybridized carbons (Fsp3) is 0.0769. The molecule has 0 aliphatic carbocycles. The number of rotatable bonds is 3. The number of aromatic nitrogens is 3. The third-order valence-electron chi connectivity index (χ3n) is 2.81. The van der Waals surface area contributed by atoms with Gasteiger partial charge < -0.3 is 10.5 Å². The zero-order valence-electron chi connectivity index (χ0n) is 10.5. The monoisotopic (exact) mass is 310 g/mol. The molecule has 2 N–H and O–H groups in total. The quantitative estimate of drug-likeness (QED) is 0.806. The van der Waals surface area contributed by atoms with Gasteiger partial charge >= 0.3 is 6.61 Å². The third kappa shape index (κ3) is 2.59. The molecule has 8 heteroatoms. The highest BCUT2D eigenvalue weighted by Gasteiger charge is 2.12. The number of alkyl halides is 2. The summed E-state index contributed by atoms with van der Waals surface area (Å²) in [6.45, 7) is -2.86. The Labute approximate surface area is 122 Å². The summed E-state index contributed by atoms with van der Waals surface area (Å²) in [5, 5.41) is 0.452. The first-order valence-electron chi connectivity index (χ1n) is 5.89. The van der Waals surface area contributed by atoms with E-state index in [1.54, 1.807) is 22.8 Å². The number of anilines is 1. The van der Waals surface area contributed by atoms with Crippen molar-refractivity contribution in [2.45, 2.75) is 6.61 Å². The summed E-state index contributed by atoms with van der Waals surface area (Å²) in [6.07, 6.45) is 1.48. The van der Waals surface area contributed by atoms with Crippen LogP contribution in [0.15, 0.2) is 36.5 Å². The van der Waals surface area contributed by atoms with Crippen molar-refractivity contribution in [1.82, 2.24) is 14.5 Å². The summed E-state index contributed by atoms with van der Waals surface area (Å²) in [5.41, 5.74) is 7.58. The Kier molecular flexibility index (Phi) is 3.34. The van der Waals surface area contributed by atoms with Crippen LogP contribution in [0, 0.1) is 0 Å². The van der Waals surface area contributed by atoms with Crippen LogP contribution in [-0.2, 0) is 0 Å². The van der Waals surface area contributed by atoms with E-state index in [2.05, 4.69) is 14.7 Å². The minimum atomic E-state index is -2.86. The van der Waals surface area contributed by atoms with Gasteiger partial charge in [-0.2, -0.15) is 8.78 Å². The Bertz CT molecular complexity index is 789. The molecular formula is C13H9ClF2N4O. The lowest BCUT2D eigenvalue weighted by Crippen LogP contribution is -2.03. The minimum absolute atomic E-state index is 0.0627. The predicted molar refractivity (Wildman–Crippen MR) is 74.9 cm³/mol. The van der Waals surface area contributed by atoms with Crippen molar-refractivity contribution in [2.24, 2.45) is 0 Å². The average molecular weight is 311 g/mol. The predicted octanol–water partition coefficient (Wildman–Crippen LogP) is 3.26. The number of ether oxygens (including phenoxy) is 1. The molecule has 0 aliphatic rings. The van der Waals surface area contributed by atoms with Crippen LogP contribution in [0.3, 0.4) is 0 Å². The molecule has 0 radical (unpaired) electrons. The van der Waals surface area contributed by atoms with Crippen LogP contribution in [0.25, 0.3) is 16.9 Å². The summed E-state index contributed by atoms with van der Waals surface area (Å²) in [7, 11) is 0. The minimum Gasteiger partial charge on any atom is -0.435 e. The smallest absolute Gasteiger partial charge is 0.387 e. The number of benzene rings is 1. The first kappa shape index (κ1) is 13.6. The zero-order valence-corrected chi connectivity index (χ0v) is 11.3. The third-order valence-corrected chi connectivity index (χ3v) is 3.02. The number of nitrogens with two attached hydrogens (primary N) is 1. The summed E-state index contributed by atoms with van der Waals surface area (Å²) >= 11 is 5.86. The highest BCUT2D eigenvalue weighted by molar-refractivity contribution is 6.31. The van der Waals surface area contributed by atoms with Crippen molar-refractivity contribution in [1.29, 1.82) is 0 Å². The molecule has 0 bridgehead atoms. The van der Waals surface area contributed by atoms with Gasteiger partial charge in [-0.1, -0.05) is 11.6 Å². The molecule has 0 spiro atoms. The van der Waals surface area contributed by atoms with E-state index in [0.717, 1.165) is 0 Å². The van der Waals surface area contributed by atoms with Crippen LogP contribution in [0.4, 0.5) is 14.7 Å². The van der Waals surface area contributed by atoms with Gasteiger partial charge in [-0.3, -0.25) is 4.57 Å². The summed E-state index contributed by atoms with van der Waals surface area (Å²) < 4.78 is 30.1. The second-order valence-electron chi connectivity index (χ2n) is 4.17. The molecule has 0 aliphatic heterocycles. The molecule has 2 heterocycles. The Balaban J connectivity index is 2.05. The number of nitrogens with zero attached hydrogens (tertiary/aromatic N) is 3. The van der Waals surface area contributed by atoms with Crippen molar-refractivity contribution in [2.75, 3.05) is 5.73 Å². The van der Waals surface area contributed by atoms with Gasteiger partial charge in [-0.15, -0.1) is 0 Å². The van der Waals surface area contributed by atoms with Gasteiger partial charge in [0.1, 0.15) is 11.3 Å². The van der Waals surface area contributed by atoms with Gasteiger partial charge in [-0.25, -0.2) is 9.97 Å². The van der Waals surface area contributed by atoms with E-state index >= 15 is 0 Å². The maximum atomic E-state index is 12.1. The molecule has 2 aromatic heterocycles. The topological polar surface area (TPSA) is 66.0 Å². The summed E-state index contributed by atoms with van der Waals surface area (Å²) in [5.74, 6) is 0.287. The normalized spacial score (nSPS) is 11.2. The number of halogens is 3. The molecule has 0 fully saturated rings. The molecule has 0 saturated heterocycles.